The van der Waals surface area contributed by atoms with Gasteiger partial charge < -0.3 is 4.84 Å². The van der Waals surface area contributed by atoms with E-state index in [1.165, 1.54) is 14.2 Å². The summed E-state index contributed by atoms with van der Waals surface area (Å²) >= 11 is 4.21. The van der Waals surface area contributed by atoms with Crippen molar-refractivity contribution in [3.8, 4) is 0 Å². The van der Waals surface area contributed by atoms with Gasteiger partial charge in [0.1, 0.15) is 13.7 Å². The van der Waals surface area contributed by atoms with Crippen molar-refractivity contribution in [1.29, 1.82) is 0 Å². The first kappa shape index (κ1) is 13.8. The molecule has 0 spiro atoms. The van der Waals surface area contributed by atoms with Crippen LogP contribution in [0.1, 0.15) is 6.42 Å². The molecule has 0 aromatic carbocycles. The lowest BCUT2D eigenvalue weighted by atomic mass is 10.5. The standard InChI is InChI=1S/C7H15N2O3SSi/c1-10-8(5-4-6-14)7(13)9(11-2)12-3/h4-6H2,1-3H3/p+1. The normalized spacial score (nSPS) is 12.4. The molecular formula is C7H16N2O3SSi+. The van der Waals surface area contributed by atoms with Crippen molar-refractivity contribution in [3.63, 3.8) is 0 Å². The molecule has 0 saturated heterocycles. The zero-order chi connectivity index (χ0) is 11.0. The molecule has 0 saturated carbocycles. The van der Waals surface area contributed by atoms with Gasteiger partial charge in [-0.15, -0.1) is 0 Å². The van der Waals surface area contributed by atoms with Crippen molar-refractivity contribution in [2.75, 3.05) is 27.9 Å². The van der Waals surface area contributed by atoms with E-state index in [0.717, 1.165) is 17.7 Å². The molecule has 0 aliphatic rings. The highest BCUT2D eigenvalue weighted by Crippen LogP contribution is 1.99. The highest BCUT2D eigenvalue weighted by atomic mass is 32.1. The van der Waals surface area contributed by atoms with E-state index in [-0.39, 0.29) is 0 Å². The van der Waals surface area contributed by atoms with Crippen LogP contribution in [0.25, 0.3) is 0 Å². The maximum Gasteiger partial charge on any atom is 0.408 e. The summed E-state index contributed by atoms with van der Waals surface area (Å²) in [4.78, 5) is 14.9. The van der Waals surface area contributed by atoms with Crippen LogP contribution in [0, 0.1) is 0 Å². The highest BCUT2D eigenvalue weighted by Gasteiger charge is 2.21. The van der Waals surface area contributed by atoms with E-state index < -0.39 is 0 Å². The Hall–Kier alpha value is -0.243. The fourth-order valence-electron chi connectivity index (χ4n) is 0.825. The van der Waals surface area contributed by atoms with Crippen LogP contribution < -0.4 is 0 Å². The average Bonchev–Trinajstić information content (AvgIpc) is 2.21. The van der Waals surface area contributed by atoms with E-state index in [2.05, 4.69) is 22.9 Å². The lowest BCUT2D eigenvalue weighted by Crippen LogP contribution is -2.33. The van der Waals surface area contributed by atoms with Gasteiger partial charge in [0.15, 0.2) is 0 Å². The van der Waals surface area contributed by atoms with Gasteiger partial charge >= 0.3 is 5.17 Å². The van der Waals surface area contributed by atoms with Crippen LogP contribution in [0.3, 0.4) is 0 Å². The van der Waals surface area contributed by atoms with Gasteiger partial charge in [-0.1, -0.05) is 10.8 Å². The Labute approximate surface area is 93.3 Å². The predicted octanol–water partition coefficient (Wildman–Crippen LogP) is 0.248. The molecule has 0 aliphatic heterocycles. The lowest BCUT2D eigenvalue weighted by molar-refractivity contribution is -0.783. The van der Waals surface area contributed by atoms with Crippen molar-refractivity contribution >= 4 is 28.0 Å². The Morgan fingerprint density at radius 1 is 1.36 bits per heavy atom. The number of rotatable bonds is 6. The van der Waals surface area contributed by atoms with Gasteiger partial charge in [0, 0.05) is 10.2 Å². The second kappa shape index (κ2) is 8.10. The van der Waals surface area contributed by atoms with E-state index in [1.807, 2.05) is 0 Å². The molecule has 3 radical (unpaired) electrons. The summed E-state index contributed by atoms with van der Waals surface area (Å²) in [5.74, 6) is 0. The van der Waals surface area contributed by atoms with Crippen LogP contribution in [-0.4, -0.2) is 53.2 Å². The first-order chi connectivity index (χ1) is 6.71. The zero-order valence-corrected chi connectivity index (χ0v) is 10.6. The maximum absolute atomic E-state index is 5.10. The highest BCUT2D eigenvalue weighted by molar-refractivity contribution is 7.96. The fraction of sp³-hybridized carbons (Fsp3) is 0.857. The Bertz CT molecular complexity index is 188. The van der Waals surface area contributed by atoms with Crippen molar-refractivity contribution in [1.82, 2.24) is 5.23 Å². The number of hydrogen-bond donors (Lipinski definition) is 1. The van der Waals surface area contributed by atoms with E-state index in [1.54, 1.807) is 11.8 Å². The van der Waals surface area contributed by atoms with Crippen LogP contribution in [0.5, 0.6) is 0 Å². The number of amidine groups is 1. The summed E-state index contributed by atoms with van der Waals surface area (Å²) in [6.07, 6.45) is 0.927. The van der Waals surface area contributed by atoms with Crippen molar-refractivity contribution in [2.24, 2.45) is 0 Å². The number of thiol groups is 1. The molecule has 0 aliphatic carbocycles. The molecule has 0 fully saturated rings. The van der Waals surface area contributed by atoms with Crippen LogP contribution in [0.15, 0.2) is 0 Å². The van der Waals surface area contributed by atoms with E-state index in [4.69, 9.17) is 14.5 Å². The predicted molar refractivity (Wildman–Crippen MR) is 57.2 cm³/mol. The molecule has 7 heteroatoms. The molecule has 5 nitrogen and oxygen atoms in total. The van der Waals surface area contributed by atoms with Crippen LogP contribution >= 0.6 is 12.6 Å². The third kappa shape index (κ3) is 4.31. The molecule has 14 heavy (non-hydrogen) atoms. The second-order valence-electron chi connectivity index (χ2n) is 2.31. The molecule has 0 unspecified atom stereocenters. The van der Waals surface area contributed by atoms with Crippen LogP contribution in [0.4, 0.5) is 0 Å². The molecule has 0 N–H and O–H groups in total. The molecule has 0 amide bonds. The smallest absolute Gasteiger partial charge is 0.343 e. The first-order valence-electron chi connectivity index (χ1n) is 4.11. The molecule has 0 bridgehead atoms. The first-order valence-corrected chi connectivity index (χ1v) is 5.27. The number of hydrogen-bond acceptors (Lipinski definition) is 3. The fourth-order valence-corrected chi connectivity index (χ4v) is 1.33. The molecule has 81 valence electrons. The minimum Gasteiger partial charge on any atom is -0.343 e. The topological polar surface area (TPSA) is 33.9 Å². The van der Waals surface area contributed by atoms with E-state index in [9.17, 15) is 0 Å². The Kier molecular flexibility index (Phi) is 7.96. The summed E-state index contributed by atoms with van der Waals surface area (Å²) in [7, 11) is 7.91. The Balaban J connectivity index is 4.45. The monoisotopic (exact) mass is 236 g/mol. The second-order valence-corrected chi connectivity index (χ2v) is 3.21. The largest absolute Gasteiger partial charge is 0.408 e. The molecule has 0 heterocycles. The van der Waals surface area contributed by atoms with Crippen LogP contribution in [0.2, 0.25) is 6.04 Å². The third-order valence-corrected chi connectivity index (χ3v) is 2.22. The van der Waals surface area contributed by atoms with Gasteiger partial charge in [-0.2, -0.15) is 9.68 Å². The molecule has 0 rings (SSSR count). The molecule has 0 aromatic rings. The minimum atomic E-state index is 0.442. The van der Waals surface area contributed by atoms with Gasteiger partial charge in [-0.3, -0.25) is 0 Å². The van der Waals surface area contributed by atoms with Crippen molar-refractivity contribution in [3.05, 3.63) is 0 Å². The van der Waals surface area contributed by atoms with Gasteiger partial charge in [-0.05, 0) is 19.0 Å². The Morgan fingerprint density at radius 2 is 1.93 bits per heavy atom. The maximum atomic E-state index is 5.10. The summed E-state index contributed by atoms with van der Waals surface area (Å²) in [6, 6.07) is 0.890. The van der Waals surface area contributed by atoms with Crippen molar-refractivity contribution < 1.29 is 19.3 Å². The van der Waals surface area contributed by atoms with Gasteiger partial charge in [0.2, 0.25) is 0 Å². The number of hydroxylamine groups is 3. The molecule has 0 aromatic heterocycles. The SMILES string of the molecule is CON(OC)C(S)=[N+](CCC[Si])OC. The Morgan fingerprint density at radius 3 is 2.29 bits per heavy atom. The van der Waals surface area contributed by atoms with E-state index in [0.29, 0.717) is 11.7 Å². The van der Waals surface area contributed by atoms with Gasteiger partial charge in [0.25, 0.3) is 0 Å². The summed E-state index contributed by atoms with van der Waals surface area (Å²) in [5.41, 5.74) is 0. The van der Waals surface area contributed by atoms with Crippen molar-refractivity contribution in [2.45, 2.75) is 12.5 Å². The third-order valence-electron chi connectivity index (χ3n) is 1.48. The van der Waals surface area contributed by atoms with Crippen LogP contribution in [-0.2, 0) is 14.5 Å². The molecular weight excluding hydrogens is 220 g/mol. The van der Waals surface area contributed by atoms with Gasteiger partial charge in [-0.25, -0.2) is 0 Å². The van der Waals surface area contributed by atoms with E-state index >= 15 is 0 Å². The summed E-state index contributed by atoms with van der Waals surface area (Å²) < 4.78 is 1.57. The lowest BCUT2D eigenvalue weighted by Gasteiger charge is -2.10. The molecule has 0 atom stereocenters. The summed E-state index contributed by atoms with van der Waals surface area (Å²) in [6.45, 7) is 0.696. The summed E-state index contributed by atoms with van der Waals surface area (Å²) in [5, 5.41) is 1.60. The van der Waals surface area contributed by atoms with Gasteiger partial charge in [0.05, 0.1) is 19.4 Å². The number of nitrogens with zero attached hydrogens (tertiary/aromatic N) is 2. The minimum absolute atomic E-state index is 0.442. The zero-order valence-electron chi connectivity index (χ0n) is 8.69. The quantitative estimate of drug-likeness (QED) is 0.179. The average molecular weight is 236 g/mol.